The van der Waals surface area contributed by atoms with Crippen LogP contribution in [0, 0.1) is 0 Å². The molecule has 11 aromatic rings. The van der Waals surface area contributed by atoms with Gasteiger partial charge < -0.3 is 8.83 Å². The standard InChI is InChI=1S/C60H42O2/c1-59(2)50-32-39(37-23-27-54-46(30-37)44-17-8-10-19-52(44)61-54)21-25-42(50)48-34-49-43-26-22-40(38-24-28-55-47(31-38)45-18-9-11-20-53(45)62-55)33-51(43)60(3,4)58(49)56(57(48)59)41-16-12-15-36(29-41)35-13-6-5-7-14-35/h5-34H,1-4H3. The van der Waals surface area contributed by atoms with Crippen LogP contribution in [0.15, 0.2) is 191 Å². The van der Waals surface area contributed by atoms with Gasteiger partial charge in [0.1, 0.15) is 22.3 Å². The maximum Gasteiger partial charge on any atom is 0.135 e. The van der Waals surface area contributed by atoms with Crippen LogP contribution in [0.3, 0.4) is 0 Å². The first-order chi connectivity index (χ1) is 30.2. The topological polar surface area (TPSA) is 26.3 Å². The van der Waals surface area contributed by atoms with Gasteiger partial charge in [-0.2, -0.15) is 0 Å². The molecule has 0 atom stereocenters. The molecular weight excluding hydrogens is 753 g/mol. The average Bonchev–Trinajstić information content (AvgIpc) is 4.00. The third-order valence-corrected chi connectivity index (χ3v) is 14.2. The van der Waals surface area contributed by atoms with Crippen molar-refractivity contribution in [1.29, 1.82) is 0 Å². The van der Waals surface area contributed by atoms with E-state index in [-0.39, 0.29) is 10.8 Å². The second-order valence-corrected chi connectivity index (χ2v) is 18.4. The van der Waals surface area contributed by atoms with E-state index in [9.17, 15) is 0 Å². The lowest BCUT2D eigenvalue weighted by atomic mass is 9.72. The number of benzene rings is 9. The van der Waals surface area contributed by atoms with E-state index in [1.54, 1.807) is 0 Å². The highest BCUT2D eigenvalue weighted by atomic mass is 16.3. The summed E-state index contributed by atoms with van der Waals surface area (Å²) in [6, 6.07) is 66.8. The summed E-state index contributed by atoms with van der Waals surface area (Å²) in [6.45, 7) is 9.75. The molecule has 0 saturated carbocycles. The molecule has 2 aliphatic carbocycles. The van der Waals surface area contributed by atoms with Gasteiger partial charge in [0.2, 0.25) is 0 Å². The van der Waals surface area contributed by atoms with Crippen LogP contribution in [0.2, 0.25) is 0 Å². The third-order valence-electron chi connectivity index (χ3n) is 14.2. The summed E-state index contributed by atoms with van der Waals surface area (Å²) in [4.78, 5) is 0. The highest BCUT2D eigenvalue weighted by molar-refractivity contribution is 6.08. The predicted molar refractivity (Wildman–Crippen MR) is 258 cm³/mol. The fourth-order valence-corrected chi connectivity index (χ4v) is 11.2. The molecule has 13 rings (SSSR count). The van der Waals surface area contributed by atoms with Crippen LogP contribution in [-0.2, 0) is 10.8 Å². The molecule has 0 fully saturated rings. The maximum absolute atomic E-state index is 6.22. The lowest BCUT2D eigenvalue weighted by Gasteiger charge is -2.31. The van der Waals surface area contributed by atoms with E-state index < -0.39 is 0 Å². The zero-order chi connectivity index (χ0) is 41.5. The van der Waals surface area contributed by atoms with E-state index in [0.717, 1.165) is 43.9 Å². The van der Waals surface area contributed by atoms with Crippen molar-refractivity contribution < 1.29 is 8.83 Å². The Morgan fingerprint density at radius 3 is 1.26 bits per heavy atom. The summed E-state index contributed by atoms with van der Waals surface area (Å²) < 4.78 is 12.4. The van der Waals surface area contributed by atoms with Gasteiger partial charge >= 0.3 is 0 Å². The Morgan fingerprint density at radius 1 is 0.290 bits per heavy atom. The van der Waals surface area contributed by atoms with Crippen molar-refractivity contribution in [2.75, 3.05) is 0 Å². The Balaban J connectivity index is 1.01. The summed E-state index contributed by atoms with van der Waals surface area (Å²) in [6.07, 6.45) is 0. The van der Waals surface area contributed by atoms with E-state index in [0.29, 0.717) is 0 Å². The Hall–Kier alpha value is -7.42. The molecule has 2 nitrogen and oxygen atoms in total. The molecule has 9 aromatic carbocycles. The zero-order valence-corrected chi connectivity index (χ0v) is 35.1. The van der Waals surface area contributed by atoms with Crippen molar-refractivity contribution in [1.82, 2.24) is 0 Å². The van der Waals surface area contributed by atoms with Crippen molar-refractivity contribution in [3.05, 3.63) is 204 Å². The van der Waals surface area contributed by atoms with E-state index in [1.807, 2.05) is 12.1 Å². The van der Waals surface area contributed by atoms with Crippen LogP contribution in [0.4, 0.5) is 0 Å². The lowest BCUT2D eigenvalue weighted by molar-refractivity contribution is 0.642. The highest BCUT2D eigenvalue weighted by Gasteiger charge is 2.45. The maximum atomic E-state index is 6.22. The third kappa shape index (κ3) is 4.92. The SMILES string of the molecule is CC1(C)c2cc(-c3ccc4oc5ccccc5c4c3)ccc2-c2cc3c(c(-c4cccc(-c5ccccc5)c4)c21)C(C)(C)c1cc(-c2ccc4oc5ccccc5c4c2)ccc1-3. The van der Waals surface area contributed by atoms with Crippen LogP contribution in [0.5, 0.6) is 0 Å². The van der Waals surface area contributed by atoms with Crippen LogP contribution >= 0.6 is 0 Å². The smallest absolute Gasteiger partial charge is 0.135 e. The predicted octanol–water partition coefficient (Wildman–Crippen LogP) is 16.8. The summed E-state index contributed by atoms with van der Waals surface area (Å²) in [5, 5.41) is 4.60. The molecule has 2 heterocycles. The van der Waals surface area contributed by atoms with Crippen molar-refractivity contribution >= 4 is 43.9 Å². The number of rotatable bonds is 4. The van der Waals surface area contributed by atoms with Gasteiger partial charge in [0.25, 0.3) is 0 Å². The van der Waals surface area contributed by atoms with Gasteiger partial charge in [-0.1, -0.05) is 149 Å². The van der Waals surface area contributed by atoms with Gasteiger partial charge in [-0.25, -0.2) is 0 Å². The molecule has 62 heavy (non-hydrogen) atoms. The van der Waals surface area contributed by atoms with Crippen LogP contribution in [0.25, 0.3) is 111 Å². The molecule has 2 aromatic heterocycles. The Labute approximate surface area is 360 Å². The minimum atomic E-state index is -0.279. The molecule has 0 aliphatic heterocycles. The molecule has 2 aliphatic rings. The number of furan rings is 2. The molecule has 0 N–H and O–H groups in total. The lowest BCUT2D eigenvalue weighted by Crippen LogP contribution is -2.21. The summed E-state index contributed by atoms with van der Waals surface area (Å²) in [5.41, 5.74) is 23.9. The number of fused-ring (bicyclic) bond motifs is 12. The molecule has 294 valence electrons. The molecule has 0 amide bonds. The van der Waals surface area contributed by atoms with E-state index in [2.05, 4.69) is 198 Å². The van der Waals surface area contributed by atoms with Crippen molar-refractivity contribution in [2.24, 2.45) is 0 Å². The van der Waals surface area contributed by atoms with Gasteiger partial charge in [-0.15, -0.1) is 0 Å². The zero-order valence-electron chi connectivity index (χ0n) is 35.1. The molecule has 0 bridgehead atoms. The van der Waals surface area contributed by atoms with Gasteiger partial charge in [-0.3, -0.25) is 0 Å². The molecule has 0 radical (unpaired) electrons. The van der Waals surface area contributed by atoms with E-state index >= 15 is 0 Å². The number of para-hydroxylation sites is 2. The van der Waals surface area contributed by atoms with Gasteiger partial charge in [0, 0.05) is 32.4 Å². The molecule has 0 saturated heterocycles. The van der Waals surface area contributed by atoms with Crippen molar-refractivity contribution in [2.45, 2.75) is 38.5 Å². The average molecular weight is 795 g/mol. The second kappa shape index (κ2) is 12.6. The largest absolute Gasteiger partial charge is 0.456 e. The van der Waals surface area contributed by atoms with Crippen LogP contribution in [-0.4, -0.2) is 0 Å². The minimum absolute atomic E-state index is 0.279. The fourth-order valence-electron chi connectivity index (χ4n) is 11.2. The van der Waals surface area contributed by atoms with E-state index in [1.165, 1.54) is 89.0 Å². The summed E-state index contributed by atoms with van der Waals surface area (Å²) in [5.74, 6) is 0. The fraction of sp³-hybridized carbons (Fsp3) is 0.100. The highest BCUT2D eigenvalue weighted by Crippen LogP contribution is 2.61. The van der Waals surface area contributed by atoms with Gasteiger partial charge in [0.15, 0.2) is 0 Å². The first-order valence-electron chi connectivity index (χ1n) is 21.7. The van der Waals surface area contributed by atoms with Crippen molar-refractivity contribution in [3.63, 3.8) is 0 Å². The minimum Gasteiger partial charge on any atom is -0.456 e. The molecular formula is C60H42O2. The van der Waals surface area contributed by atoms with Crippen LogP contribution < -0.4 is 0 Å². The summed E-state index contributed by atoms with van der Waals surface area (Å²) in [7, 11) is 0. The second-order valence-electron chi connectivity index (χ2n) is 18.4. The normalized spacial score (nSPS) is 14.4. The van der Waals surface area contributed by atoms with E-state index in [4.69, 9.17) is 8.83 Å². The Kier molecular flexibility index (Phi) is 7.16. The first-order valence-corrected chi connectivity index (χ1v) is 21.7. The van der Waals surface area contributed by atoms with Gasteiger partial charge in [-0.05, 0) is 150 Å². The number of hydrogen-bond acceptors (Lipinski definition) is 2. The molecule has 0 unspecified atom stereocenters. The van der Waals surface area contributed by atoms with Crippen LogP contribution in [0.1, 0.15) is 49.9 Å². The summed E-state index contributed by atoms with van der Waals surface area (Å²) >= 11 is 0. The quantitative estimate of drug-likeness (QED) is 0.177. The first kappa shape index (κ1) is 35.3. The van der Waals surface area contributed by atoms with Gasteiger partial charge in [0.05, 0.1) is 0 Å². The number of hydrogen-bond donors (Lipinski definition) is 0. The monoisotopic (exact) mass is 794 g/mol. The Morgan fingerprint density at radius 2 is 0.710 bits per heavy atom. The van der Waals surface area contributed by atoms with Crippen molar-refractivity contribution in [3.8, 4) is 66.8 Å². The Bertz CT molecular complexity index is 3480. The molecule has 0 spiro atoms. The molecule has 2 heteroatoms.